The lowest BCUT2D eigenvalue weighted by Crippen LogP contribution is -3.13. The fourth-order valence-corrected chi connectivity index (χ4v) is 2.57. The third kappa shape index (κ3) is 2.78. The zero-order chi connectivity index (χ0) is 13.2. The van der Waals surface area contributed by atoms with Crippen molar-refractivity contribution in [3.63, 3.8) is 0 Å². The summed E-state index contributed by atoms with van der Waals surface area (Å²) in [6.07, 6.45) is 3.24. The van der Waals surface area contributed by atoms with E-state index in [4.69, 9.17) is 21.1 Å². The number of aromatic nitrogens is 2. The Bertz CT molecular complexity index is 590. The van der Waals surface area contributed by atoms with Gasteiger partial charge in [-0.1, -0.05) is 0 Å². The Morgan fingerprint density at radius 3 is 3.21 bits per heavy atom. The Morgan fingerprint density at radius 1 is 1.58 bits per heavy atom. The Morgan fingerprint density at radius 2 is 2.47 bits per heavy atom. The molecule has 102 valence electrons. The van der Waals surface area contributed by atoms with Gasteiger partial charge in [0.2, 0.25) is 0 Å². The van der Waals surface area contributed by atoms with Gasteiger partial charge in [0.15, 0.2) is 12.4 Å². The minimum absolute atomic E-state index is 0.227. The molecule has 0 aliphatic carbocycles. The van der Waals surface area contributed by atoms with Gasteiger partial charge < -0.3 is 18.8 Å². The zero-order valence-electron chi connectivity index (χ0n) is 10.4. The first kappa shape index (κ1) is 12.6. The molecule has 3 heterocycles. The average molecular weight is 282 g/mol. The molecule has 2 atom stereocenters. The summed E-state index contributed by atoms with van der Waals surface area (Å²) in [6, 6.07) is 3.56. The average Bonchev–Trinajstić information content (AvgIpc) is 3.00. The molecule has 0 saturated carbocycles. The highest BCUT2D eigenvalue weighted by Crippen LogP contribution is 2.17. The van der Waals surface area contributed by atoms with Gasteiger partial charge in [0.05, 0.1) is 12.8 Å². The SMILES string of the molecule is O[C@@H]1CCC[NH+](Cn2nc(-c3ccco3)oc2=S)C1. The summed E-state index contributed by atoms with van der Waals surface area (Å²) in [4.78, 5) is 1.59. The van der Waals surface area contributed by atoms with Gasteiger partial charge in [0.1, 0.15) is 12.6 Å². The third-order valence-corrected chi connectivity index (χ3v) is 3.60. The summed E-state index contributed by atoms with van der Waals surface area (Å²) in [5, 5.41) is 14.0. The van der Waals surface area contributed by atoms with Crippen LogP contribution in [0.15, 0.2) is 27.2 Å². The van der Waals surface area contributed by atoms with Crippen LogP contribution in [0.2, 0.25) is 0 Å². The van der Waals surface area contributed by atoms with E-state index in [1.54, 1.807) is 23.1 Å². The Balaban J connectivity index is 1.76. The first-order valence-corrected chi connectivity index (χ1v) is 6.76. The molecule has 0 spiro atoms. The largest absolute Gasteiger partial charge is 0.459 e. The fourth-order valence-electron chi connectivity index (χ4n) is 2.39. The van der Waals surface area contributed by atoms with Gasteiger partial charge in [-0.3, -0.25) is 0 Å². The van der Waals surface area contributed by atoms with E-state index < -0.39 is 0 Å². The quantitative estimate of drug-likeness (QED) is 0.801. The van der Waals surface area contributed by atoms with E-state index in [0.717, 1.165) is 25.9 Å². The molecular formula is C12H16N3O3S+. The van der Waals surface area contributed by atoms with E-state index in [9.17, 15) is 5.11 Å². The van der Waals surface area contributed by atoms with E-state index in [1.165, 1.54) is 4.90 Å². The maximum absolute atomic E-state index is 9.67. The third-order valence-electron chi connectivity index (χ3n) is 3.30. The van der Waals surface area contributed by atoms with Crippen LogP contribution in [-0.2, 0) is 6.67 Å². The van der Waals surface area contributed by atoms with Crippen molar-refractivity contribution in [1.82, 2.24) is 9.78 Å². The zero-order valence-corrected chi connectivity index (χ0v) is 11.2. The van der Waals surface area contributed by atoms with Gasteiger partial charge in [-0.15, -0.1) is 5.10 Å². The molecule has 1 fully saturated rings. The van der Waals surface area contributed by atoms with Crippen LogP contribution in [0.3, 0.4) is 0 Å². The van der Waals surface area contributed by atoms with Crippen LogP contribution in [0, 0.1) is 4.84 Å². The van der Waals surface area contributed by atoms with E-state index in [2.05, 4.69) is 5.10 Å². The number of quaternary nitrogens is 1. The molecule has 2 aromatic rings. The van der Waals surface area contributed by atoms with Crippen LogP contribution in [0.4, 0.5) is 0 Å². The number of aliphatic hydroxyl groups is 1. The number of furan rings is 1. The van der Waals surface area contributed by atoms with Crippen molar-refractivity contribution in [3.8, 4) is 11.7 Å². The molecule has 0 radical (unpaired) electrons. The number of likely N-dealkylation sites (tertiary alicyclic amines) is 1. The lowest BCUT2D eigenvalue weighted by Gasteiger charge is -2.26. The van der Waals surface area contributed by atoms with Gasteiger partial charge in [-0.2, -0.15) is 4.68 Å². The molecule has 7 heteroatoms. The Labute approximate surface area is 115 Å². The summed E-state index contributed by atoms with van der Waals surface area (Å²) in [5.41, 5.74) is 0. The van der Waals surface area contributed by atoms with E-state index in [0.29, 0.717) is 23.2 Å². The number of piperidine rings is 1. The minimum Gasteiger partial charge on any atom is -0.459 e. The van der Waals surface area contributed by atoms with E-state index in [-0.39, 0.29) is 6.10 Å². The van der Waals surface area contributed by atoms with Crippen LogP contribution in [0.5, 0.6) is 0 Å². The van der Waals surface area contributed by atoms with Crippen LogP contribution in [-0.4, -0.2) is 34.1 Å². The lowest BCUT2D eigenvalue weighted by molar-refractivity contribution is -0.931. The van der Waals surface area contributed by atoms with Crippen molar-refractivity contribution in [2.45, 2.75) is 25.6 Å². The normalized spacial score (nSPS) is 23.6. The van der Waals surface area contributed by atoms with Crippen molar-refractivity contribution in [3.05, 3.63) is 23.2 Å². The summed E-state index contributed by atoms with van der Waals surface area (Å²) in [7, 11) is 0. The van der Waals surface area contributed by atoms with Gasteiger partial charge in [-0.05, 0) is 37.2 Å². The Kier molecular flexibility index (Phi) is 3.50. The van der Waals surface area contributed by atoms with Gasteiger partial charge in [0, 0.05) is 0 Å². The fraction of sp³-hybridized carbons (Fsp3) is 0.500. The molecule has 1 aliphatic heterocycles. The number of hydrogen-bond acceptors (Lipinski definition) is 5. The molecular weight excluding hydrogens is 266 g/mol. The second-order valence-electron chi connectivity index (χ2n) is 4.81. The van der Waals surface area contributed by atoms with Gasteiger partial charge in [-0.25, -0.2) is 0 Å². The van der Waals surface area contributed by atoms with Crippen molar-refractivity contribution in [2.24, 2.45) is 0 Å². The molecule has 0 bridgehead atoms. The van der Waals surface area contributed by atoms with Crippen molar-refractivity contribution < 1.29 is 18.8 Å². The molecule has 1 saturated heterocycles. The summed E-state index contributed by atoms with van der Waals surface area (Å²) in [5.74, 6) is 0.963. The highest BCUT2D eigenvalue weighted by Gasteiger charge is 2.22. The van der Waals surface area contributed by atoms with E-state index >= 15 is 0 Å². The standard InChI is InChI=1S/C12H15N3O3S/c16-9-3-1-5-14(7-9)8-15-12(19)18-11(13-15)10-4-2-6-17-10/h2,4,6,9,16H,1,3,5,7-8H2/p+1/t9-/m1/s1. The number of aliphatic hydroxyl groups excluding tert-OH is 1. The monoisotopic (exact) mass is 282 g/mol. The maximum atomic E-state index is 9.67. The number of rotatable bonds is 3. The maximum Gasteiger partial charge on any atom is 0.292 e. The molecule has 3 rings (SSSR count). The highest BCUT2D eigenvalue weighted by molar-refractivity contribution is 7.71. The van der Waals surface area contributed by atoms with Crippen molar-refractivity contribution in [2.75, 3.05) is 13.1 Å². The van der Waals surface area contributed by atoms with E-state index in [1.807, 2.05) is 0 Å². The molecule has 0 aromatic carbocycles. The summed E-state index contributed by atoms with van der Waals surface area (Å²) >= 11 is 5.16. The van der Waals surface area contributed by atoms with Crippen molar-refractivity contribution in [1.29, 1.82) is 0 Å². The first-order valence-electron chi connectivity index (χ1n) is 6.36. The minimum atomic E-state index is -0.227. The number of nitrogens with zero attached hydrogens (tertiary/aromatic N) is 2. The molecule has 6 nitrogen and oxygen atoms in total. The second-order valence-corrected chi connectivity index (χ2v) is 5.16. The molecule has 1 aliphatic rings. The molecule has 2 aromatic heterocycles. The first-order chi connectivity index (χ1) is 9.22. The van der Waals surface area contributed by atoms with Crippen molar-refractivity contribution >= 4 is 12.2 Å². The summed E-state index contributed by atoms with van der Waals surface area (Å²) in [6.45, 7) is 2.35. The number of nitrogens with one attached hydrogen (secondary N) is 1. The predicted molar refractivity (Wildman–Crippen MR) is 69.0 cm³/mol. The van der Waals surface area contributed by atoms with Crippen LogP contribution in [0.1, 0.15) is 12.8 Å². The topological polar surface area (TPSA) is 68.8 Å². The molecule has 1 unspecified atom stereocenters. The summed E-state index contributed by atoms with van der Waals surface area (Å²) < 4.78 is 12.3. The number of hydrogen-bond donors (Lipinski definition) is 2. The smallest absolute Gasteiger partial charge is 0.292 e. The molecule has 19 heavy (non-hydrogen) atoms. The second kappa shape index (κ2) is 5.28. The highest BCUT2D eigenvalue weighted by atomic mass is 32.1. The van der Waals surface area contributed by atoms with Crippen LogP contribution < -0.4 is 4.90 Å². The van der Waals surface area contributed by atoms with Crippen LogP contribution >= 0.6 is 12.2 Å². The lowest BCUT2D eigenvalue weighted by atomic mass is 10.1. The van der Waals surface area contributed by atoms with Crippen LogP contribution in [0.25, 0.3) is 11.7 Å². The predicted octanol–water partition coefficient (Wildman–Crippen LogP) is 0.463. The molecule has 2 N–H and O–H groups in total. The van der Waals surface area contributed by atoms with Gasteiger partial charge in [0.25, 0.3) is 10.7 Å². The van der Waals surface area contributed by atoms with Gasteiger partial charge >= 0.3 is 0 Å². The molecule has 0 amide bonds. The Hall–Kier alpha value is -1.44.